The van der Waals surface area contributed by atoms with Crippen LogP contribution in [0.15, 0.2) is 12.4 Å². The fraction of sp³-hybridized carbons (Fsp3) is 0.545. The number of hydrogen-bond acceptors (Lipinski definition) is 5. The van der Waals surface area contributed by atoms with Crippen molar-refractivity contribution in [2.75, 3.05) is 23.7 Å². The zero-order valence-electron chi connectivity index (χ0n) is 9.89. The molecule has 1 saturated heterocycles. The number of aromatic nitrogens is 2. The quantitative estimate of drug-likeness (QED) is 0.763. The molecule has 0 bridgehead atoms. The maximum Gasteiger partial charge on any atom is 0.217 e. The Kier molecular flexibility index (Phi) is 3.41. The van der Waals surface area contributed by atoms with Crippen LogP contribution in [-0.4, -0.2) is 35.0 Å². The Bertz CT molecular complexity index is 401. The number of rotatable bonds is 2. The Morgan fingerprint density at radius 1 is 1.47 bits per heavy atom. The van der Waals surface area contributed by atoms with Crippen LogP contribution in [0.5, 0.6) is 0 Å². The van der Waals surface area contributed by atoms with E-state index in [1.54, 1.807) is 13.0 Å². The molecule has 6 heteroatoms. The van der Waals surface area contributed by atoms with Crippen LogP contribution < -0.4 is 16.0 Å². The molecule has 0 saturated carbocycles. The lowest BCUT2D eigenvalue weighted by Gasteiger charge is -2.32. The summed E-state index contributed by atoms with van der Waals surface area (Å²) in [5.41, 5.74) is 5.62. The van der Waals surface area contributed by atoms with Crippen LogP contribution in [0.3, 0.4) is 0 Å². The number of nitrogens with one attached hydrogen (secondary N) is 1. The molecule has 3 N–H and O–H groups in total. The molecule has 6 nitrogen and oxygen atoms in total. The SMILES string of the molecule is CC(=O)NC1CCN(c2cc(N)ncn2)CC1. The zero-order chi connectivity index (χ0) is 12.3. The lowest BCUT2D eigenvalue weighted by atomic mass is 10.1. The molecule has 1 fully saturated rings. The smallest absolute Gasteiger partial charge is 0.217 e. The van der Waals surface area contributed by atoms with Gasteiger partial charge in [-0.3, -0.25) is 4.79 Å². The van der Waals surface area contributed by atoms with Crippen molar-refractivity contribution < 1.29 is 4.79 Å². The van der Waals surface area contributed by atoms with Crippen LogP contribution in [0.2, 0.25) is 0 Å². The van der Waals surface area contributed by atoms with Gasteiger partial charge in [0.05, 0.1) is 0 Å². The highest BCUT2D eigenvalue weighted by molar-refractivity contribution is 5.73. The zero-order valence-corrected chi connectivity index (χ0v) is 9.89. The van der Waals surface area contributed by atoms with Gasteiger partial charge in [0.25, 0.3) is 0 Å². The fourth-order valence-corrected chi connectivity index (χ4v) is 2.07. The van der Waals surface area contributed by atoms with E-state index in [1.807, 2.05) is 0 Å². The summed E-state index contributed by atoms with van der Waals surface area (Å²) in [6.45, 7) is 3.31. The normalized spacial score (nSPS) is 16.9. The number of carbonyl (C=O) groups is 1. The third kappa shape index (κ3) is 3.05. The summed E-state index contributed by atoms with van der Waals surface area (Å²) >= 11 is 0. The van der Waals surface area contributed by atoms with Crippen molar-refractivity contribution in [3.05, 3.63) is 12.4 Å². The van der Waals surface area contributed by atoms with Gasteiger partial charge >= 0.3 is 0 Å². The first-order valence-electron chi connectivity index (χ1n) is 5.74. The average molecular weight is 235 g/mol. The second kappa shape index (κ2) is 4.99. The third-order valence-corrected chi connectivity index (χ3v) is 2.90. The van der Waals surface area contributed by atoms with Crippen LogP contribution in [0.4, 0.5) is 11.6 Å². The van der Waals surface area contributed by atoms with Crippen molar-refractivity contribution in [1.29, 1.82) is 0 Å². The molecule has 0 unspecified atom stereocenters. The fourth-order valence-electron chi connectivity index (χ4n) is 2.07. The highest BCUT2D eigenvalue weighted by atomic mass is 16.1. The monoisotopic (exact) mass is 235 g/mol. The first-order valence-corrected chi connectivity index (χ1v) is 5.74. The second-order valence-electron chi connectivity index (χ2n) is 4.26. The Hall–Kier alpha value is -1.85. The third-order valence-electron chi connectivity index (χ3n) is 2.90. The molecular formula is C11H17N5O. The lowest BCUT2D eigenvalue weighted by molar-refractivity contribution is -0.119. The maximum atomic E-state index is 10.9. The summed E-state index contributed by atoms with van der Waals surface area (Å²) in [6.07, 6.45) is 3.34. The molecule has 2 rings (SSSR count). The number of nitrogens with two attached hydrogens (primary N) is 1. The molecular weight excluding hydrogens is 218 g/mol. The van der Waals surface area contributed by atoms with E-state index in [4.69, 9.17) is 5.73 Å². The van der Waals surface area contributed by atoms with Crippen molar-refractivity contribution in [1.82, 2.24) is 15.3 Å². The average Bonchev–Trinajstić information content (AvgIpc) is 2.29. The van der Waals surface area contributed by atoms with Gasteiger partial charge < -0.3 is 16.0 Å². The van der Waals surface area contributed by atoms with Crippen molar-refractivity contribution in [2.45, 2.75) is 25.8 Å². The molecule has 0 aliphatic carbocycles. The van der Waals surface area contributed by atoms with E-state index in [1.165, 1.54) is 6.33 Å². The highest BCUT2D eigenvalue weighted by Crippen LogP contribution is 2.18. The van der Waals surface area contributed by atoms with E-state index >= 15 is 0 Å². The highest BCUT2D eigenvalue weighted by Gasteiger charge is 2.20. The van der Waals surface area contributed by atoms with Crippen molar-refractivity contribution in [3.8, 4) is 0 Å². The summed E-state index contributed by atoms with van der Waals surface area (Å²) in [6, 6.07) is 2.06. The maximum absolute atomic E-state index is 10.9. The van der Waals surface area contributed by atoms with E-state index in [9.17, 15) is 4.79 Å². The Balaban J connectivity index is 1.93. The van der Waals surface area contributed by atoms with E-state index in [0.717, 1.165) is 31.7 Å². The van der Waals surface area contributed by atoms with Crippen LogP contribution in [0, 0.1) is 0 Å². The van der Waals surface area contributed by atoms with Crippen LogP contribution in [0.1, 0.15) is 19.8 Å². The van der Waals surface area contributed by atoms with Gasteiger partial charge in [-0.2, -0.15) is 0 Å². The first kappa shape index (κ1) is 11.6. The molecule has 92 valence electrons. The Labute approximate surface area is 100 Å². The standard InChI is InChI=1S/C11H17N5O/c1-8(17)15-9-2-4-16(5-3-9)11-6-10(12)13-7-14-11/h6-7,9H,2-5H2,1H3,(H,15,17)(H2,12,13,14). The molecule has 0 atom stereocenters. The Morgan fingerprint density at radius 3 is 2.76 bits per heavy atom. The van der Waals surface area contributed by atoms with E-state index in [2.05, 4.69) is 20.2 Å². The van der Waals surface area contributed by atoms with Crippen LogP contribution in [0.25, 0.3) is 0 Å². The van der Waals surface area contributed by atoms with Gasteiger partial charge in [-0.25, -0.2) is 9.97 Å². The first-order chi connectivity index (χ1) is 8.15. The van der Waals surface area contributed by atoms with Gasteiger partial charge in [0.2, 0.25) is 5.91 Å². The molecule has 0 aromatic carbocycles. The number of piperidine rings is 1. The molecule has 1 aromatic rings. The number of hydrogen-bond donors (Lipinski definition) is 2. The van der Waals surface area contributed by atoms with Gasteiger partial charge in [-0.05, 0) is 12.8 Å². The second-order valence-corrected chi connectivity index (χ2v) is 4.26. The summed E-state index contributed by atoms with van der Waals surface area (Å²) in [4.78, 5) is 21.2. The molecule has 1 aromatic heterocycles. The van der Waals surface area contributed by atoms with Gasteiger partial charge in [0.15, 0.2) is 0 Å². The van der Waals surface area contributed by atoms with E-state index in [-0.39, 0.29) is 11.9 Å². The van der Waals surface area contributed by atoms with E-state index < -0.39 is 0 Å². The molecule has 2 heterocycles. The molecule has 1 aliphatic heterocycles. The predicted octanol–water partition coefficient (Wildman–Crippen LogP) is 0.164. The van der Waals surface area contributed by atoms with Gasteiger partial charge in [-0.15, -0.1) is 0 Å². The molecule has 17 heavy (non-hydrogen) atoms. The predicted molar refractivity (Wildman–Crippen MR) is 65.5 cm³/mol. The number of carbonyl (C=O) groups excluding carboxylic acids is 1. The van der Waals surface area contributed by atoms with Gasteiger partial charge in [-0.1, -0.05) is 0 Å². The topological polar surface area (TPSA) is 84.1 Å². The van der Waals surface area contributed by atoms with Crippen molar-refractivity contribution in [2.24, 2.45) is 0 Å². The number of anilines is 2. The minimum absolute atomic E-state index is 0.0368. The molecule has 0 spiro atoms. The number of nitrogens with zero attached hydrogens (tertiary/aromatic N) is 3. The van der Waals surface area contributed by atoms with E-state index in [0.29, 0.717) is 5.82 Å². The van der Waals surface area contributed by atoms with Crippen molar-refractivity contribution in [3.63, 3.8) is 0 Å². The minimum atomic E-state index is 0.0368. The van der Waals surface area contributed by atoms with Crippen molar-refractivity contribution >= 4 is 17.5 Å². The summed E-state index contributed by atoms with van der Waals surface area (Å²) in [5.74, 6) is 1.38. The summed E-state index contributed by atoms with van der Waals surface area (Å²) < 4.78 is 0. The molecule has 1 amide bonds. The Morgan fingerprint density at radius 2 is 2.18 bits per heavy atom. The minimum Gasteiger partial charge on any atom is -0.384 e. The van der Waals surface area contributed by atoms with Gasteiger partial charge in [0.1, 0.15) is 18.0 Å². The molecule has 0 radical (unpaired) electrons. The largest absolute Gasteiger partial charge is 0.384 e. The number of amides is 1. The summed E-state index contributed by atoms with van der Waals surface area (Å²) in [5, 5.41) is 2.94. The number of nitrogen functional groups attached to an aromatic ring is 1. The van der Waals surface area contributed by atoms with Crippen LogP contribution in [-0.2, 0) is 4.79 Å². The van der Waals surface area contributed by atoms with Gasteiger partial charge in [0, 0.05) is 32.1 Å². The van der Waals surface area contributed by atoms with Crippen LogP contribution >= 0.6 is 0 Å². The summed E-state index contributed by atoms with van der Waals surface area (Å²) in [7, 11) is 0. The lowest BCUT2D eigenvalue weighted by Crippen LogP contribution is -2.44. The molecule has 1 aliphatic rings.